The van der Waals surface area contributed by atoms with Crippen LogP contribution in [-0.4, -0.2) is 68.4 Å². The summed E-state index contributed by atoms with van der Waals surface area (Å²) in [6, 6.07) is 4.51. The number of likely N-dealkylation sites (tertiary alicyclic amines) is 1. The van der Waals surface area contributed by atoms with Crippen LogP contribution in [0, 0.1) is 5.82 Å². The number of ether oxygens (including phenoxy) is 1. The van der Waals surface area contributed by atoms with E-state index in [2.05, 4.69) is 9.46 Å². The van der Waals surface area contributed by atoms with Crippen LogP contribution in [0.15, 0.2) is 29.2 Å². The van der Waals surface area contributed by atoms with Gasteiger partial charge in [-0.05, 0) is 18.6 Å². The average Bonchev–Trinajstić information content (AvgIpc) is 3.21. The number of benzene rings is 1. The van der Waals surface area contributed by atoms with E-state index in [0.29, 0.717) is 13.0 Å². The average molecular weight is 399 g/mol. The predicted octanol–water partition coefficient (Wildman–Crippen LogP) is 0.0738. The lowest BCUT2D eigenvalue weighted by Crippen LogP contribution is -2.42. The number of carbonyl (C=O) groups excluding carboxylic acids is 3. The first kappa shape index (κ1) is 19.2. The molecule has 2 heterocycles. The van der Waals surface area contributed by atoms with E-state index in [0.717, 1.165) is 17.0 Å². The monoisotopic (exact) mass is 399 g/mol. The minimum atomic E-state index is -4.06. The Balaban J connectivity index is 1.51. The van der Waals surface area contributed by atoms with Crippen molar-refractivity contribution in [2.24, 2.45) is 0 Å². The van der Waals surface area contributed by atoms with Crippen LogP contribution >= 0.6 is 0 Å². The molecule has 1 aromatic rings. The number of imide groups is 1. The molecule has 0 aromatic heterocycles. The first-order valence-electron chi connectivity index (χ1n) is 8.30. The molecule has 1 atom stereocenters. The number of hydrogen-bond acceptors (Lipinski definition) is 6. The Hall–Kier alpha value is -2.53. The Bertz CT molecular complexity index is 859. The Kier molecular flexibility index (Phi) is 5.42. The molecule has 0 spiro atoms. The van der Waals surface area contributed by atoms with Gasteiger partial charge in [-0.15, -0.1) is 0 Å². The molecule has 2 aliphatic heterocycles. The molecule has 3 amide bonds. The molecule has 27 heavy (non-hydrogen) atoms. The van der Waals surface area contributed by atoms with Crippen LogP contribution in [0.1, 0.15) is 12.8 Å². The van der Waals surface area contributed by atoms with Gasteiger partial charge in [-0.2, -0.15) is 0 Å². The quantitative estimate of drug-likeness (QED) is 0.725. The molecule has 2 fully saturated rings. The van der Waals surface area contributed by atoms with Gasteiger partial charge in [0.2, 0.25) is 15.9 Å². The Morgan fingerprint density at radius 1 is 1.30 bits per heavy atom. The van der Waals surface area contributed by atoms with Crippen molar-refractivity contribution in [3.8, 4) is 0 Å². The minimum absolute atomic E-state index is 0.126. The second kappa shape index (κ2) is 7.61. The molecule has 2 saturated heterocycles. The number of nitrogens with one attached hydrogen (secondary N) is 1. The molecule has 1 N–H and O–H groups in total. The Morgan fingerprint density at radius 2 is 2.04 bits per heavy atom. The van der Waals surface area contributed by atoms with E-state index >= 15 is 0 Å². The first-order valence-corrected chi connectivity index (χ1v) is 9.78. The van der Waals surface area contributed by atoms with Crippen LogP contribution in [0.2, 0.25) is 0 Å². The van der Waals surface area contributed by atoms with E-state index in [-0.39, 0.29) is 32.0 Å². The predicted molar refractivity (Wildman–Crippen MR) is 89.4 cm³/mol. The number of cyclic esters (lactones) is 1. The Morgan fingerprint density at radius 3 is 2.70 bits per heavy atom. The van der Waals surface area contributed by atoms with Gasteiger partial charge in [-0.25, -0.2) is 27.2 Å². The number of nitrogens with zero attached hydrogens (tertiary/aromatic N) is 2. The molecule has 0 radical (unpaired) electrons. The first-order chi connectivity index (χ1) is 12.8. The highest BCUT2D eigenvalue weighted by atomic mass is 32.2. The normalized spacial score (nSPS) is 20.3. The topological polar surface area (TPSA) is 113 Å². The number of carbonyl (C=O) groups is 3. The number of sulfonamides is 1. The van der Waals surface area contributed by atoms with Crippen molar-refractivity contribution >= 4 is 27.9 Å². The zero-order valence-electron chi connectivity index (χ0n) is 14.3. The van der Waals surface area contributed by atoms with E-state index < -0.39 is 38.8 Å². The summed E-state index contributed by atoms with van der Waals surface area (Å²) >= 11 is 0. The molecule has 2 aliphatic rings. The van der Waals surface area contributed by atoms with Gasteiger partial charge < -0.3 is 9.64 Å². The van der Waals surface area contributed by atoms with Gasteiger partial charge in [0, 0.05) is 26.1 Å². The van der Waals surface area contributed by atoms with E-state index in [1.54, 1.807) is 0 Å². The van der Waals surface area contributed by atoms with Crippen molar-refractivity contribution in [1.82, 2.24) is 14.5 Å². The molecule has 1 aromatic carbocycles. The summed E-state index contributed by atoms with van der Waals surface area (Å²) in [7, 11) is -4.06. The van der Waals surface area contributed by atoms with E-state index in [4.69, 9.17) is 0 Å². The fraction of sp³-hybridized carbons (Fsp3) is 0.438. The van der Waals surface area contributed by atoms with Gasteiger partial charge in [0.25, 0.3) is 5.91 Å². The second-order valence-electron chi connectivity index (χ2n) is 6.18. The lowest BCUT2D eigenvalue weighted by molar-refractivity contribution is -0.131. The third kappa shape index (κ3) is 4.08. The molecule has 0 bridgehead atoms. The van der Waals surface area contributed by atoms with Crippen molar-refractivity contribution in [2.45, 2.75) is 23.8 Å². The van der Waals surface area contributed by atoms with Crippen molar-refractivity contribution < 1.29 is 31.9 Å². The van der Waals surface area contributed by atoms with Crippen LogP contribution < -0.4 is 4.72 Å². The summed E-state index contributed by atoms with van der Waals surface area (Å²) in [6.45, 7) is 0.0445. The molecule has 0 unspecified atom stereocenters. The maximum atomic E-state index is 13.6. The zero-order valence-corrected chi connectivity index (χ0v) is 15.1. The summed E-state index contributed by atoms with van der Waals surface area (Å²) in [5, 5.41) is 0. The van der Waals surface area contributed by atoms with Crippen LogP contribution in [0.3, 0.4) is 0 Å². The number of rotatable bonds is 6. The second-order valence-corrected chi connectivity index (χ2v) is 7.91. The maximum Gasteiger partial charge on any atom is 0.417 e. The fourth-order valence-electron chi connectivity index (χ4n) is 3.09. The summed E-state index contributed by atoms with van der Waals surface area (Å²) in [5.74, 6) is -1.63. The fourth-order valence-corrected chi connectivity index (χ4v) is 4.20. The highest BCUT2D eigenvalue weighted by Gasteiger charge is 2.41. The summed E-state index contributed by atoms with van der Waals surface area (Å²) in [6.07, 6.45) is -0.399. The van der Waals surface area contributed by atoms with E-state index in [1.165, 1.54) is 17.0 Å². The van der Waals surface area contributed by atoms with Gasteiger partial charge in [-0.3, -0.25) is 9.59 Å². The highest BCUT2D eigenvalue weighted by molar-refractivity contribution is 7.89. The van der Waals surface area contributed by atoms with Crippen molar-refractivity contribution in [2.75, 3.05) is 26.2 Å². The third-order valence-corrected chi connectivity index (χ3v) is 5.92. The molecular weight excluding hydrogens is 381 g/mol. The van der Waals surface area contributed by atoms with Crippen LogP contribution in [0.5, 0.6) is 0 Å². The van der Waals surface area contributed by atoms with Crippen LogP contribution in [0.25, 0.3) is 0 Å². The van der Waals surface area contributed by atoms with E-state index in [1.807, 2.05) is 0 Å². The lowest BCUT2D eigenvalue weighted by atomic mass is 10.2. The molecule has 0 aliphatic carbocycles. The summed E-state index contributed by atoms with van der Waals surface area (Å²) in [5.41, 5.74) is 0. The van der Waals surface area contributed by atoms with Gasteiger partial charge in [0.1, 0.15) is 10.7 Å². The number of amides is 3. The lowest BCUT2D eigenvalue weighted by Gasteiger charge is -2.20. The van der Waals surface area contributed by atoms with Gasteiger partial charge in [0.15, 0.2) is 6.61 Å². The van der Waals surface area contributed by atoms with Crippen molar-refractivity contribution in [3.63, 3.8) is 0 Å². The SMILES string of the molecule is O=C(CCNS(=O)(=O)c1ccccc1F)N1CC[C@@H](N2C(=O)COC2=O)C1. The smallest absolute Gasteiger partial charge is 0.417 e. The number of hydrogen-bond donors (Lipinski definition) is 1. The largest absolute Gasteiger partial charge is 0.439 e. The highest BCUT2D eigenvalue weighted by Crippen LogP contribution is 2.20. The molecule has 9 nitrogen and oxygen atoms in total. The zero-order chi connectivity index (χ0) is 19.6. The standard InChI is InChI=1S/C16H18FN3O6S/c17-12-3-1-2-4-13(12)27(24,25)18-7-5-14(21)19-8-6-11(9-19)20-15(22)10-26-16(20)23/h1-4,11,18H,5-10H2/t11-/m1/s1. The van der Waals surface area contributed by atoms with Gasteiger partial charge in [0.05, 0.1) is 6.04 Å². The number of halogens is 1. The summed E-state index contributed by atoms with van der Waals surface area (Å²) in [4.78, 5) is 37.5. The maximum absolute atomic E-state index is 13.6. The van der Waals surface area contributed by atoms with Crippen molar-refractivity contribution in [1.29, 1.82) is 0 Å². The molecule has 11 heteroatoms. The molecule has 3 rings (SSSR count). The third-order valence-electron chi connectivity index (χ3n) is 4.42. The van der Waals surface area contributed by atoms with E-state index in [9.17, 15) is 27.2 Å². The minimum Gasteiger partial charge on any atom is -0.439 e. The van der Waals surface area contributed by atoms with Crippen molar-refractivity contribution in [3.05, 3.63) is 30.1 Å². The Labute approximate surface area is 155 Å². The van der Waals surface area contributed by atoms with Crippen LogP contribution in [-0.2, 0) is 24.3 Å². The van der Waals surface area contributed by atoms with Gasteiger partial charge >= 0.3 is 6.09 Å². The molecule has 146 valence electrons. The molecular formula is C16H18FN3O6S. The summed E-state index contributed by atoms with van der Waals surface area (Å²) < 4.78 is 44.6. The molecule has 0 saturated carbocycles. The van der Waals surface area contributed by atoms with Crippen LogP contribution in [0.4, 0.5) is 9.18 Å². The van der Waals surface area contributed by atoms with Gasteiger partial charge in [-0.1, -0.05) is 12.1 Å².